The lowest BCUT2D eigenvalue weighted by Gasteiger charge is -2.53. The largest absolute Gasteiger partial charge is 0.393 e. The number of likely N-dealkylation sites (tertiary alicyclic amines) is 1. The average molecular weight is 633 g/mol. The second kappa shape index (κ2) is 13.3. The van der Waals surface area contributed by atoms with Crippen LogP contribution in [-0.2, 0) is 26.6 Å². The van der Waals surface area contributed by atoms with Gasteiger partial charge >= 0.3 is 0 Å². The Labute approximate surface area is 268 Å². The molecule has 6 rings (SSSR count). The summed E-state index contributed by atoms with van der Waals surface area (Å²) in [6, 6.07) is 16.3. The van der Waals surface area contributed by atoms with E-state index in [0.29, 0.717) is 17.8 Å². The first-order chi connectivity index (χ1) is 21.8. The predicted molar refractivity (Wildman–Crippen MR) is 179 cm³/mol. The molecule has 0 bridgehead atoms. The van der Waals surface area contributed by atoms with Crippen molar-refractivity contribution in [1.29, 1.82) is 5.41 Å². The van der Waals surface area contributed by atoms with E-state index in [1.54, 1.807) is 26.1 Å². The molecule has 0 aromatic heterocycles. The molecule has 4 aliphatic rings. The average Bonchev–Trinajstić information content (AvgIpc) is 3.49. The molecule has 2 aromatic rings. The van der Waals surface area contributed by atoms with Crippen molar-refractivity contribution < 1.29 is 13.2 Å². The quantitative estimate of drug-likeness (QED) is 0.296. The minimum absolute atomic E-state index is 0.0414. The third kappa shape index (κ3) is 6.16. The summed E-state index contributed by atoms with van der Waals surface area (Å²) < 4.78 is 25.7. The Balaban J connectivity index is 1.08. The van der Waals surface area contributed by atoms with Crippen LogP contribution in [-0.4, -0.2) is 77.8 Å². The Morgan fingerprint density at radius 2 is 1.80 bits per heavy atom. The topological polar surface area (TPSA) is 118 Å². The van der Waals surface area contributed by atoms with E-state index in [1.807, 2.05) is 12.1 Å². The number of rotatable bonds is 10. The van der Waals surface area contributed by atoms with Gasteiger partial charge in [0.1, 0.15) is 4.91 Å². The van der Waals surface area contributed by atoms with Gasteiger partial charge in [0.25, 0.3) is 0 Å². The van der Waals surface area contributed by atoms with Gasteiger partial charge < -0.3 is 31.2 Å². The monoisotopic (exact) mass is 632 g/mol. The van der Waals surface area contributed by atoms with Gasteiger partial charge in [-0.3, -0.25) is 4.79 Å². The molecule has 242 valence electrons. The van der Waals surface area contributed by atoms with Gasteiger partial charge in [-0.05, 0) is 86.0 Å². The van der Waals surface area contributed by atoms with Gasteiger partial charge in [-0.15, -0.1) is 0 Å². The van der Waals surface area contributed by atoms with Crippen LogP contribution in [0.5, 0.6) is 0 Å². The van der Waals surface area contributed by atoms with Gasteiger partial charge in [-0.2, -0.15) is 0 Å². The van der Waals surface area contributed by atoms with Crippen molar-refractivity contribution in [3.8, 4) is 0 Å². The van der Waals surface area contributed by atoms with Crippen LogP contribution < -0.4 is 20.9 Å². The summed E-state index contributed by atoms with van der Waals surface area (Å²) in [5, 5.41) is 17.3. The highest BCUT2D eigenvalue weighted by Gasteiger charge is 2.53. The lowest BCUT2D eigenvalue weighted by atomic mass is 9.56. The van der Waals surface area contributed by atoms with Gasteiger partial charge in [-0.25, -0.2) is 8.42 Å². The van der Waals surface area contributed by atoms with Gasteiger partial charge in [0.2, 0.25) is 15.7 Å². The van der Waals surface area contributed by atoms with E-state index in [1.165, 1.54) is 43.0 Å². The van der Waals surface area contributed by atoms with Gasteiger partial charge in [0.05, 0.1) is 4.90 Å². The fraction of sp³-hybridized carbons (Fsp3) is 0.543. The van der Waals surface area contributed by atoms with E-state index < -0.39 is 9.84 Å². The molecule has 2 saturated heterocycles. The van der Waals surface area contributed by atoms with Gasteiger partial charge in [0.15, 0.2) is 0 Å². The zero-order valence-electron chi connectivity index (χ0n) is 26.6. The van der Waals surface area contributed by atoms with Crippen molar-refractivity contribution in [2.75, 3.05) is 51.2 Å². The third-order valence-electron chi connectivity index (χ3n) is 10.9. The fourth-order valence-electron chi connectivity index (χ4n) is 8.84. The van der Waals surface area contributed by atoms with Crippen molar-refractivity contribution in [2.24, 2.45) is 17.8 Å². The van der Waals surface area contributed by atoms with E-state index in [2.05, 4.69) is 50.0 Å². The number of piperidine rings is 1. The standard InChI is InChI=1S/C35H48N6O3S/c1-25(42)39-34-9-5-8-33(34)35(24-38-19-27-6-3-4-7-32(27)35)28-14-16-40(17-15-28)21-26-22-41(23-26)29-10-12-30(13-11-29)45(43,44)31(18-36)20-37-2/h3-4,6-7,10-13,18,20,26,28,33-34,36-38H,5,8-9,14-17,19,21-24H2,1-2H3,(H,39,42)/b31-20+,36-18?/t33-,34-,35?/m0/s1. The fourth-order valence-corrected chi connectivity index (χ4v) is 10.0. The highest BCUT2D eigenvalue weighted by Crippen LogP contribution is 2.52. The van der Waals surface area contributed by atoms with Crippen molar-refractivity contribution in [3.63, 3.8) is 0 Å². The molecule has 1 unspecified atom stereocenters. The highest BCUT2D eigenvalue weighted by atomic mass is 32.2. The van der Waals surface area contributed by atoms with Crippen molar-refractivity contribution >= 4 is 27.6 Å². The smallest absolute Gasteiger partial charge is 0.217 e. The van der Waals surface area contributed by atoms with Crippen LogP contribution in [0, 0.1) is 23.2 Å². The van der Waals surface area contributed by atoms with Crippen LogP contribution >= 0.6 is 0 Å². The molecule has 45 heavy (non-hydrogen) atoms. The van der Waals surface area contributed by atoms with Crippen molar-refractivity contribution in [1.82, 2.24) is 20.9 Å². The lowest BCUT2D eigenvalue weighted by molar-refractivity contribution is -0.120. The molecule has 1 aliphatic carbocycles. The maximum atomic E-state index is 12.8. The van der Waals surface area contributed by atoms with Crippen LogP contribution in [0.25, 0.3) is 0 Å². The molecule has 3 heterocycles. The molecule has 3 aliphatic heterocycles. The number of benzene rings is 2. The van der Waals surface area contributed by atoms with Crippen molar-refractivity contribution in [3.05, 3.63) is 70.8 Å². The normalized spacial score (nSPS) is 26.6. The van der Waals surface area contributed by atoms with Crippen LogP contribution in [0.1, 0.15) is 50.2 Å². The third-order valence-corrected chi connectivity index (χ3v) is 12.6. The molecule has 2 aromatic carbocycles. The minimum Gasteiger partial charge on any atom is -0.393 e. The van der Waals surface area contributed by atoms with Crippen LogP contribution in [0.3, 0.4) is 0 Å². The first kappa shape index (κ1) is 31.8. The molecule has 1 amide bonds. The summed E-state index contributed by atoms with van der Waals surface area (Å²) in [5.74, 6) is 1.71. The Morgan fingerprint density at radius 1 is 1.07 bits per heavy atom. The molecular formula is C35H48N6O3S. The Kier molecular flexibility index (Phi) is 9.36. The highest BCUT2D eigenvalue weighted by molar-refractivity contribution is 7.96. The van der Waals surface area contributed by atoms with Gasteiger partial charge in [0, 0.05) is 82.2 Å². The first-order valence-corrected chi connectivity index (χ1v) is 18.0. The number of amides is 1. The molecule has 3 fully saturated rings. The summed E-state index contributed by atoms with van der Waals surface area (Å²) in [4.78, 5) is 17.3. The van der Waals surface area contributed by atoms with E-state index in [0.717, 1.165) is 64.1 Å². The number of fused-ring (bicyclic) bond motifs is 1. The number of anilines is 1. The molecule has 9 nitrogen and oxygen atoms in total. The number of hydrogen-bond donors (Lipinski definition) is 4. The number of nitrogens with zero attached hydrogens (tertiary/aromatic N) is 2. The molecular weight excluding hydrogens is 584 g/mol. The van der Waals surface area contributed by atoms with Crippen LogP contribution in [0.2, 0.25) is 0 Å². The summed E-state index contributed by atoms with van der Waals surface area (Å²) in [5.41, 5.74) is 4.02. The van der Waals surface area contributed by atoms with E-state index in [4.69, 9.17) is 5.41 Å². The lowest BCUT2D eigenvalue weighted by Crippen LogP contribution is -2.59. The maximum Gasteiger partial charge on any atom is 0.217 e. The van der Waals surface area contributed by atoms with Gasteiger partial charge in [-0.1, -0.05) is 30.7 Å². The number of carbonyl (C=O) groups excluding carboxylic acids is 1. The number of carbonyl (C=O) groups is 1. The van der Waals surface area contributed by atoms with Crippen LogP contribution in [0.15, 0.2) is 64.5 Å². The number of hydrogen-bond acceptors (Lipinski definition) is 8. The number of sulfone groups is 1. The SMILES string of the molecule is CN/C=C(\C=N)S(=O)(=O)c1ccc(N2CC(CN3CCC(C4([C@H]5CCC[C@@H]5NC(C)=O)CNCc5ccccc54)CC3)C2)cc1. The van der Waals surface area contributed by atoms with E-state index in [-0.39, 0.29) is 27.2 Å². The number of allylic oxidation sites excluding steroid dienone is 1. The summed E-state index contributed by atoms with van der Waals surface area (Å²) in [6.07, 6.45) is 7.96. The Bertz CT molecular complexity index is 1510. The number of nitrogens with one attached hydrogen (secondary N) is 4. The first-order valence-electron chi connectivity index (χ1n) is 16.5. The second-order valence-corrected chi connectivity index (χ2v) is 15.4. The zero-order valence-corrected chi connectivity index (χ0v) is 27.4. The molecule has 0 radical (unpaired) electrons. The van der Waals surface area contributed by atoms with E-state index in [9.17, 15) is 13.2 Å². The summed E-state index contributed by atoms with van der Waals surface area (Å²) in [7, 11) is -2.09. The summed E-state index contributed by atoms with van der Waals surface area (Å²) in [6.45, 7) is 8.80. The van der Waals surface area contributed by atoms with Crippen LogP contribution in [0.4, 0.5) is 5.69 Å². The minimum atomic E-state index is -3.71. The second-order valence-electron chi connectivity index (χ2n) is 13.5. The Hall–Kier alpha value is -3.21. The Morgan fingerprint density at radius 3 is 2.49 bits per heavy atom. The molecule has 3 atom stereocenters. The molecule has 4 N–H and O–H groups in total. The van der Waals surface area contributed by atoms with E-state index >= 15 is 0 Å². The zero-order chi connectivity index (χ0) is 31.6. The molecule has 10 heteroatoms. The predicted octanol–water partition coefficient (Wildman–Crippen LogP) is 3.66. The molecule has 1 saturated carbocycles. The van der Waals surface area contributed by atoms with Crippen molar-refractivity contribution in [2.45, 2.75) is 61.9 Å². The maximum absolute atomic E-state index is 12.8. The summed E-state index contributed by atoms with van der Waals surface area (Å²) >= 11 is 0. The molecule has 0 spiro atoms.